The molecule has 3 N–H and O–H groups in total. The summed E-state index contributed by atoms with van der Waals surface area (Å²) in [6.07, 6.45) is -2.04. The van der Waals surface area contributed by atoms with Crippen molar-refractivity contribution < 1.29 is 24.4 Å². The van der Waals surface area contributed by atoms with E-state index >= 15 is 0 Å². The van der Waals surface area contributed by atoms with Crippen LogP contribution in [0.4, 0.5) is 0 Å². The Kier molecular flexibility index (Phi) is 6.04. The Bertz CT molecular complexity index is 1280. The molecule has 0 radical (unpaired) electrons. The maximum Gasteiger partial charge on any atom is 0.158 e. The van der Waals surface area contributed by atoms with E-state index in [9.17, 15) is 10.2 Å². The summed E-state index contributed by atoms with van der Waals surface area (Å²) >= 11 is 0. The normalized spacial score (nSPS) is 28.9. The number of nitrogens with one attached hydrogen (secondary N) is 1. The van der Waals surface area contributed by atoms with Gasteiger partial charge in [0.1, 0.15) is 24.4 Å². The van der Waals surface area contributed by atoms with E-state index in [1.54, 1.807) is 0 Å². The Morgan fingerprint density at radius 2 is 1.66 bits per heavy atom. The maximum atomic E-state index is 10.8. The molecule has 0 amide bonds. The van der Waals surface area contributed by atoms with Gasteiger partial charge in [0.05, 0.1) is 18.4 Å². The van der Waals surface area contributed by atoms with E-state index in [4.69, 9.17) is 14.2 Å². The summed E-state index contributed by atoms with van der Waals surface area (Å²) in [6.45, 7) is 2.39. The molecule has 6 rings (SSSR count). The van der Waals surface area contributed by atoms with Gasteiger partial charge in [-0.05, 0) is 40.1 Å². The molecule has 2 aliphatic rings. The van der Waals surface area contributed by atoms with Gasteiger partial charge in [0, 0.05) is 17.7 Å². The number of fused-ring (bicyclic) bond motifs is 3. The minimum Gasteiger partial charge on any atom is -0.388 e. The predicted octanol–water partition coefficient (Wildman–Crippen LogP) is 3.96. The fourth-order valence-corrected chi connectivity index (χ4v) is 5.39. The molecule has 7 nitrogen and oxygen atoms in total. The van der Waals surface area contributed by atoms with Crippen LogP contribution in [0.2, 0.25) is 0 Å². The Balaban J connectivity index is 1.27. The summed E-state index contributed by atoms with van der Waals surface area (Å²) in [5.74, 6) is 0. The topological polar surface area (TPSA) is 96.8 Å². The third-order valence-electron chi connectivity index (χ3n) is 7.14. The highest BCUT2D eigenvalue weighted by molar-refractivity contribution is 6.12. The number of aromatic amines is 1. The molecule has 0 saturated carbocycles. The molecule has 35 heavy (non-hydrogen) atoms. The molecule has 0 bridgehead atoms. The van der Waals surface area contributed by atoms with Gasteiger partial charge >= 0.3 is 0 Å². The number of nitrogens with zero attached hydrogens (tertiary/aromatic N) is 1. The highest BCUT2D eigenvalue weighted by Crippen LogP contribution is 2.36. The molecule has 6 atom stereocenters. The first-order valence-corrected chi connectivity index (χ1v) is 12.4. The first-order valence-electron chi connectivity index (χ1n) is 12.4. The number of aromatic nitrogens is 2. The second kappa shape index (κ2) is 9.33. The Morgan fingerprint density at radius 1 is 0.943 bits per heavy atom. The zero-order chi connectivity index (χ0) is 23.9. The molecular weight excluding hydrogens is 444 g/mol. The summed E-state index contributed by atoms with van der Waals surface area (Å²) in [5, 5.41) is 34.0. The molecular formula is C28H30N2O5. The van der Waals surface area contributed by atoms with Crippen LogP contribution in [0.15, 0.2) is 60.7 Å². The molecule has 2 fully saturated rings. The lowest BCUT2D eigenvalue weighted by Gasteiger charge is -2.46. The lowest BCUT2D eigenvalue weighted by Crippen LogP contribution is -2.63. The molecule has 3 heterocycles. The van der Waals surface area contributed by atoms with Crippen LogP contribution >= 0.6 is 0 Å². The van der Waals surface area contributed by atoms with E-state index in [1.165, 1.54) is 0 Å². The second-order valence-corrected chi connectivity index (χ2v) is 9.52. The molecule has 0 aliphatic carbocycles. The largest absolute Gasteiger partial charge is 0.388 e. The molecule has 2 saturated heterocycles. The van der Waals surface area contributed by atoms with Crippen molar-refractivity contribution in [1.82, 2.24) is 10.2 Å². The number of hydrogen-bond donors (Lipinski definition) is 3. The molecule has 4 aromatic rings. The third-order valence-corrected chi connectivity index (χ3v) is 7.14. The first kappa shape index (κ1) is 22.6. The fourth-order valence-electron chi connectivity index (χ4n) is 5.39. The SMILES string of the molecule is CCCC1OC[C@H]2O[C@@H](Cc3cc(-c4c5ccccc5cc5ccccc45)n[nH]3)[C@H](O)[C@@H](O)[C@@H]2O1. The van der Waals surface area contributed by atoms with Crippen LogP contribution in [-0.2, 0) is 20.6 Å². The van der Waals surface area contributed by atoms with Gasteiger partial charge in [-0.1, -0.05) is 61.9 Å². The predicted molar refractivity (Wildman–Crippen MR) is 133 cm³/mol. The molecule has 0 spiro atoms. The van der Waals surface area contributed by atoms with Gasteiger partial charge in [0.25, 0.3) is 0 Å². The van der Waals surface area contributed by atoms with Crippen molar-refractivity contribution in [2.24, 2.45) is 0 Å². The van der Waals surface area contributed by atoms with Crippen molar-refractivity contribution in [3.8, 4) is 11.3 Å². The van der Waals surface area contributed by atoms with E-state index < -0.39 is 30.5 Å². The number of rotatable bonds is 5. The molecule has 1 aromatic heterocycles. The van der Waals surface area contributed by atoms with Crippen LogP contribution in [0, 0.1) is 0 Å². The third kappa shape index (κ3) is 4.13. The average Bonchev–Trinajstić information content (AvgIpc) is 3.34. The molecule has 1 unspecified atom stereocenters. The zero-order valence-corrected chi connectivity index (χ0v) is 19.6. The highest BCUT2D eigenvalue weighted by atomic mass is 16.7. The molecule has 3 aromatic carbocycles. The number of hydrogen-bond acceptors (Lipinski definition) is 6. The minimum atomic E-state index is -1.07. The molecule has 182 valence electrons. The van der Waals surface area contributed by atoms with Crippen molar-refractivity contribution >= 4 is 21.5 Å². The lowest BCUT2D eigenvalue weighted by molar-refractivity contribution is -0.325. The van der Waals surface area contributed by atoms with Crippen LogP contribution in [0.5, 0.6) is 0 Å². The number of benzene rings is 3. The van der Waals surface area contributed by atoms with Crippen LogP contribution in [0.1, 0.15) is 25.5 Å². The van der Waals surface area contributed by atoms with Crippen LogP contribution in [0.3, 0.4) is 0 Å². The van der Waals surface area contributed by atoms with E-state index in [1.807, 2.05) is 30.3 Å². The Morgan fingerprint density at radius 3 is 2.37 bits per heavy atom. The van der Waals surface area contributed by atoms with Crippen molar-refractivity contribution in [2.75, 3.05) is 6.61 Å². The van der Waals surface area contributed by atoms with Gasteiger partial charge in [-0.25, -0.2) is 0 Å². The quantitative estimate of drug-likeness (QED) is 0.379. The van der Waals surface area contributed by atoms with Gasteiger partial charge in [-0.2, -0.15) is 5.10 Å². The average molecular weight is 475 g/mol. The van der Waals surface area contributed by atoms with Crippen LogP contribution in [0.25, 0.3) is 32.8 Å². The van der Waals surface area contributed by atoms with Crippen molar-refractivity contribution in [2.45, 2.75) is 63.0 Å². The zero-order valence-electron chi connectivity index (χ0n) is 19.6. The number of H-pyrrole nitrogens is 1. The summed E-state index contributed by atoms with van der Waals surface area (Å²) in [4.78, 5) is 0. The van der Waals surface area contributed by atoms with Crippen LogP contribution < -0.4 is 0 Å². The Hall–Kier alpha value is -2.81. The minimum absolute atomic E-state index is 0.339. The number of ether oxygens (including phenoxy) is 3. The standard InChI is InChI=1S/C28H30N2O5/c1-2-7-24-33-15-23-28(35-24)27(32)26(31)22(34-23)14-18-13-21(30-29-18)25-19-10-5-3-8-16(19)12-17-9-4-6-11-20(17)25/h3-6,8-13,22-24,26-28,31-32H,2,7,14-15H2,1H3,(H,29,30)/t22-,23+,24?,26-,27+,28+/m0/s1. The van der Waals surface area contributed by atoms with Crippen LogP contribution in [-0.4, -0.2) is 63.8 Å². The summed E-state index contributed by atoms with van der Waals surface area (Å²) in [6, 6.07) is 20.8. The van der Waals surface area contributed by atoms with E-state index in [-0.39, 0.29) is 6.29 Å². The van der Waals surface area contributed by atoms with Gasteiger partial charge in [-0.15, -0.1) is 0 Å². The Labute approximate surface area is 203 Å². The smallest absolute Gasteiger partial charge is 0.158 e. The fraction of sp³-hybridized carbons (Fsp3) is 0.393. The summed E-state index contributed by atoms with van der Waals surface area (Å²) in [7, 11) is 0. The number of aliphatic hydroxyl groups is 2. The van der Waals surface area contributed by atoms with Crippen molar-refractivity contribution in [1.29, 1.82) is 0 Å². The van der Waals surface area contributed by atoms with E-state index in [0.717, 1.165) is 51.3 Å². The summed E-state index contributed by atoms with van der Waals surface area (Å²) < 4.78 is 17.8. The maximum absolute atomic E-state index is 10.8. The monoisotopic (exact) mass is 474 g/mol. The van der Waals surface area contributed by atoms with E-state index in [2.05, 4.69) is 47.5 Å². The van der Waals surface area contributed by atoms with Gasteiger partial charge in [0.15, 0.2) is 6.29 Å². The molecule has 7 heteroatoms. The van der Waals surface area contributed by atoms with Crippen molar-refractivity contribution in [3.05, 3.63) is 66.4 Å². The lowest BCUT2D eigenvalue weighted by atomic mass is 9.91. The second-order valence-electron chi connectivity index (χ2n) is 9.52. The molecule has 2 aliphatic heterocycles. The van der Waals surface area contributed by atoms with Gasteiger partial charge in [-0.3, -0.25) is 5.10 Å². The first-order chi connectivity index (χ1) is 17.1. The van der Waals surface area contributed by atoms with E-state index in [0.29, 0.717) is 13.0 Å². The highest BCUT2D eigenvalue weighted by Gasteiger charge is 2.48. The van der Waals surface area contributed by atoms with Crippen molar-refractivity contribution in [3.63, 3.8) is 0 Å². The number of aliphatic hydroxyl groups excluding tert-OH is 2. The van der Waals surface area contributed by atoms with Gasteiger partial charge in [0.2, 0.25) is 0 Å². The summed E-state index contributed by atoms with van der Waals surface area (Å²) in [5.41, 5.74) is 2.74. The van der Waals surface area contributed by atoms with Gasteiger partial charge < -0.3 is 24.4 Å².